The van der Waals surface area contributed by atoms with Crippen LogP contribution in [-0.2, 0) is 11.2 Å². The lowest BCUT2D eigenvalue weighted by atomic mass is 10.3. The first-order valence-electron chi connectivity index (χ1n) is 9.61. The monoisotopic (exact) mass is 407 g/mol. The van der Waals surface area contributed by atoms with Crippen LogP contribution in [0.3, 0.4) is 0 Å². The fraction of sp³-hybridized carbons (Fsp3) is 0.0400. The summed E-state index contributed by atoms with van der Waals surface area (Å²) in [4.78, 5) is 13.1. The molecule has 0 radical (unpaired) electrons. The van der Waals surface area contributed by atoms with Crippen LogP contribution in [0, 0.1) is 11.3 Å². The Balaban J connectivity index is 1.91. The highest BCUT2D eigenvalue weighted by molar-refractivity contribution is 5.64. The molecule has 0 saturated carbocycles. The minimum atomic E-state index is 0.395. The van der Waals surface area contributed by atoms with Crippen molar-refractivity contribution in [2.24, 2.45) is 9.98 Å². The number of nitriles is 1. The van der Waals surface area contributed by atoms with Gasteiger partial charge >= 0.3 is 0 Å². The van der Waals surface area contributed by atoms with Crippen molar-refractivity contribution in [1.82, 2.24) is 9.55 Å². The van der Waals surface area contributed by atoms with Gasteiger partial charge in [0.1, 0.15) is 12.3 Å². The van der Waals surface area contributed by atoms with Gasteiger partial charge in [-0.1, -0.05) is 36.4 Å². The zero-order valence-electron chi connectivity index (χ0n) is 16.8. The molecule has 2 aromatic rings. The molecule has 2 heterocycles. The van der Waals surface area contributed by atoms with Gasteiger partial charge in [-0.25, -0.2) is 4.98 Å². The van der Waals surface area contributed by atoms with Crippen LogP contribution in [0.4, 0.5) is 0 Å². The van der Waals surface area contributed by atoms with Gasteiger partial charge in [-0.2, -0.15) is 5.26 Å². The molecule has 0 amide bonds. The van der Waals surface area contributed by atoms with E-state index in [0.29, 0.717) is 12.0 Å². The molecule has 3 rings (SSSR count). The molecule has 0 aliphatic carbocycles. The molecule has 1 aliphatic heterocycles. The summed E-state index contributed by atoms with van der Waals surface area (Å²) in [6, 6.07) is 9.88. The van der Waals surface area contributed by atoms with E-state index in [-0.39, 0.29) is 0 Å². The summed E-state index contributed by atoms with van der Waals surface area (Å²) in [7, 11) is 0. The highest BCUT2D eigenvalue weighted by Gasteiger charge is 1.96. The van der Waals surface area contributed by atoms with Crippen molar-refractivity contribution in [2.45, 2.75) is 6.42 Å². The molecule has 6 heteroatoms. The number of rotatable bonds is 0. The van der Waals surface area contributed by atoms with Crippen molar-refractivity contribution in [3.8, 4) is 6.07 Å². The largest absolute Gasteiger partial charge is 0.471 e. The Morgan fingerprint density at radius 1 is 1.03 bits per heavy atom. The molecule has 0 spiro atoms. The molecular formula is C25H21N5O. The summed E-state index contributed by atoms with van der Waals surface area (Å²) in [6.07, 6.45) is 26.7. The van der Waals surface area contributed by atoms with Crippen LogP contribution in [0.15, 0.2) is 114 Å². The zero-order valence-corrected chi connectivity index (χ0v) is 16.8. The summed E-state index contributed by atoms with van der Waals surface area (Å²) in [6.45, 7) is 0. The highest BCUT2D eigenvalue weighted by Crippen LogP contribution is 2.02. The lowest BCUT2D eigenvalue weighted by molar-refractivity contribution is 0.401. The van der Waals surface area contributed by atoms with Crippen LogP contribution in [-0.4, -0.2) is 15.8 Å². The number of aliphatic imine (C=N–C) groups is 1. The molecule has 0 fully saturated rings. The predicted octanol–water partition coefficient (Wildman–Crippen LogP) is 3.60. The second-order valence-electron chi connectivity index (χ2n) is 6.22. The molecule has 6 nitrogen and oxygen atoms in total. The number of imidazole rings is 1. The normalized spacial score (nSPS) is 20.8. The maximum atomic E-state index is 9.19. The number of ether oxygens (including phenoxy) is 1. The van der Waals surface area contributed by atoms with E-state index in [1.807, 2.05) is 65.6 Å². The third-order valence-corrected chi connectivity index (χ3v) is 4.05. The minimum Gasteiger partial charge on any atom is -0.471 e. The lowest BCUT2D eigenvalue weighted by Gasteiger charge is -1.97. The molecule has 1 aromatic heterocycles. The smallest absolute Gasteiger partial charge is 0.108 e. The highest BCUT2D eigenvalue weighted by atomic mass is 16.5. The Kier molecular flexibility index (Phi) is 8.31. The van der Waals surface area contributed by atoms with Crippen LogP contribution in [0.1, 0.15) is 5.69 Å². The number of benzene rings is 1. The summed E-state index contributed by atoms with van der Waals surface area (Å²) in [5.74, 6) is 0. The molecule has 1 aromatic carbocycles. The van der Waals surface area contributed by atoms with Gasteiger partial charge in [-0.05, 0) is 30.4 Å². The molecule has 0 atom stereocenters. The molecule has 31 heavy (non-hydrogen) atoms. The van der Waals surface area contributed by atoms with Gasteiger partial charge in [0.2, 0.25) is 0 Å². The summed E-state index contributed by atoms with van der Waals surface area (Å²) in [5, 5.41) is 10.9. The van der Waals surface area contributed by atoms with E-state index in [0.717, 1.165) is 16.3 Å². The Morgan fingerprint density at radius 3 is 2.87 bits per heavy atom. The Morgan fingerprint density at radius 2 is 1.94 bits per heavy atom. The maximum Gasteiger partial charge on any atom is 0.108 e. The average Bonchev–Trinajstić information content (AvgIpc) is 3.24. The molecular weight excluding hydrogens is 386 g/mol. The van der Waals surface area contributed by atoms with Gasteiger partial charge < -0.3 is 9.30 Å². The zero-order chi connectivity index (χ0) is 21.6. The summed E-state index contributed by atoms with van der Waals surface area (Å²) in [5.41, 5.74) is 1.38. The first-order valence-corrected chi connectivity index (χ1v) is 9.61. The van der Waals surface area contributed by atoms with E-state index in [4.69, 9.17) is 4.74 Å². The van der Waals surface area contributed by atoms with Crippen molar-refractivity contribution in [2.75, 3.05) is 0 Å². The maximum absolute atomic E-state index is 9.19. The van der Waals surface area contributed by atoms with Crippen LogP contribution in [0.5, 0.6) is 0 Å². The second kappa shape index (κ2) is 12.1. The second-order valence-corrected chi connectivity index (χ2v) is 6.22. The van der Waals surface area contributed by atoms with Gasteiger partial charge in [-0.15, -0.1) is 0 Å². The van der Waals surface area contributed by atoms with Gasteiger partial charge in [0, 0.05) is 48.3 Å². The van der Waals surface area contributed by atoms with E-state index in [1.54, 1.807) is 43.2 Å². The van der Waals surface area contributed by atoms with E-state index in [1.165, 1.54) is 12.5 Å². The number of hydrogen-bond donors (Lipinski definition) is 0. The van der Waals surface area contributed by atoms with Crippen LogP contribution >= 0.6 is 0 Å². The standard InChI is InChI=1S/C25H21N5O/c26-17-22-9-5-7-15-30-21-28-19-24(30)12-14-27-18-23-10-3-4-11-25(23)29-13-6-1-2-8-16-31-20-22/h1-11,13-16,18-21H,12H2/b2-1-,9-5?,13-6-,15-7+,16-8-,22-20?,23-18-,27-14?,29-25-. The number of fused-ring (bicyclic) bond motifs is 2. The summed E-state index contributed by atoms with van der Waals surface area (Å²) < 4.78 is 7.17. The van der Waals surface area contributed by atoms with Crippen LogP contribution in [0.2, 0.25) is 0 Å². The van der Waals surface area contributed by atoms with Crippen molar-refractivity contribution >= 4 is 18.6 Å². The molecule has 152 valence electrons. The fourth-order valence-corrected chi connectivity index (χ4v) is 2.53. The molecule has 0 bridgehead atoms. The van der Waals surface area contributed by atoms with Crippen molar-refractivity contribution in [3.05, 3.63) is 120 Å². The third-order valence-electron chi connectivity index (χ3n) is 4.05. The Hall–Kier alpha value is -4.50. The fourth-order valence-electron chi connectivity index (χ4n) is 2.53. The number of allylic oxidation sites excluding steroid dienone is 8. The van der Waals surface area contributed by atoms with Crippen LogP contribution < -0.4 is 10.6 Å². The SMILES string of the molecule is N#CC1=CO\C=C/C=C\C=C/N=c2/cccc/c2=C/N=CCc2cncn2/C=C/C=C1. The van der Waals surface area contributed by atoms with Crippen LogP contribution in [0.25, 0.3) is 12.4 Å². The van der Waals surface area contributed by atoms with Crippen molar-refractivity contribution in [1.29, 1.82) is 5.26 Å². The quantitative estimate of drug-likeness (QED) is 0.670. The minimum absolute atomic E-state index is 0.395. The van der Waals surface area contributed by atoms with Gasteiger partial charge in [0.05, 0.1) is 23.5 Å². The lowest BCUT2D eigenvalue weighted by Crippen LogP contribution is -2.23. The first kappa shape index (κ1) is 21.2. The number of nitrogens with zero attached hydrogens (tertiary/aromatic N) is 5. The number of hydrogen-bond acceptors (Lipinski definition) is 5. The van der Waals surface area contributed by atoms with E-state index in [9.17, 15) is 5.26 Å². The molecule has 1 aliphatic rings. The van der Waals surface area contributed by atoms with E-state index in [2.05, 4.69) is 21.0 Å². The summed E-state index contributed by atoms with van der Waals surface area (Å²) >= 11 is 0. The van der Waals surface area contributed by atoms with Gasteiger partial charge in [0.25, 0.3) is 0 Å². The first-order chi connectivity index (χ1) is 15.4. The number of aromatic nitrogens is 2. The van der Waals surface area contributed by atoms with Gasteiger partial charge in [-0.3, -0.25) is 9.98 Å². The van der Waals surface area contributed by atoms with E-state index >= 15 is 0 Å². The predicted molar refractivity (Wildman–Crippen MR) is 123 cm³/mol. The Bertz CT molecular complexity index is 1250. The topological polar surface area (TPSA) is 75.6 Å². The molecule has 0 unspecified atom stereocenters. The van der Waals surface area contributed by atoms with E-state index < -0.39 is 0 Å². The third kappa shape index (κ3) is 7.11. The number of para-hydroxylation sites is 1. The molecule has 0 saturated heterocycles. The van der Waals surface area contributed by atoms with Crippen molar-refractivity contribution < 1.29 is 4.74 Å². The molecule has 0 N–H and O–H groups in total. The van der Waals surface area contributed by atoms with Crippen molar-refractivity contribution in [3.63, 3.8) is 0 Å². The Labute approximate surface area is 180 Å². The average molecular weight is 407 g/mol. The van der Waals surface area contributed by atoms with Gasteiger partial charge in [0.15, 0.2) is 0 Å².